The summed E-state index contributed by atoms with van der Waals surface area (Å²) in [4.78, 5) is 19.7. The third-order valence-corrected chi connectivity index (χ3v) is 5.01. The van der Waals surface area contributed by atoms with Gasteiger partial charge in [-0.25, -0.2) is 13.8 Å². The Morgan fingerprint density at radius 1 is 1.16 bits per heavy atom. The van der Waals surface area contributed by atoms with E-state index in [0.29, 0.717) is 12.4 Å². The molecule has 6 heteroatoms. The van der Waals surface area contributed by atoms with E-state index in [2.05, 4.69) is 16.8 Å². The number of benzene rings is 1. The maximum Gasteiger partial charge on any atom is 0.261 e. The van der Waals surface area contributed by atoms with Crippen LogP contribution in [0.25, 0.3) is 10.9 Å². The van der Waals surface area contributed by atoms with Crippen molar-refractivity contribution in [2.24, 2.45) is 0 Å². The fourth-order valence-corrected chi connectivity index (χ4v) is 3.81. The van der Waals surface area contributed by atoms with Crippen molar-refractivity contribution in [1.29, 1.82) is 0 Å². The Morgan fingerprint density at radius 3 is 2.52 bits per heavy atom. The molecule has 0 aliphatic carbocycles. The molecule has 0 N–H and O–H groups in total. The average molecular weight is 349 g/mol. The molecule has 0 amide bonds. The number of nitrogens with zero attached hydrogens (tertiary/aromatic N) is 3. The fraction of sp³-hybridized carbons (Fsp3) is 0.579. The summed E-state index contributed by atoms with van der Waals surface area (Å²) in [6, 6.07) is 1.87. The summed E-state index contributed by atoms with van der Waals surface area (Å²) in [5, 5.41) is 0.0111. The monoisotopic (exact) mass is 349 g/mol. The predicted octanol–water partition coefficient (Wildman–Crippen LogP) is 4.02. The lowest BCUT2D eigenvalue weighted by atomic mass is 10.0. The summed E-state index contributed by atoms with van der Waals surface area (Å²) in [6.07, 6.45) is 5.29. The SMILES string of the molecule is CCC[C@H](c1nc2c(F)cc(F)cc2c(=O)n1CC)N1CCCCC1. The summed E-state index contributed by atoms with van der Waals surface area (Å²) in [5.41, 5.74) is -0.386. The number of rotatable bonds is 5. The number of fused-ring (bicyclic) bond motifs is 1. The van der Waals surface area contributed by atoms with E-state index >= 15 is 0 Å². The fourth-order valence-electron chi connectivity index (χ4n) is 3.81. The van der Waals surface area contributed by atoms with Crippen LogP contribution in [0.1, 0.15) is 57.8 Å². The molecule has 0 bridgehead atoms. The van der Waals surface area contributed by atoms with Crippen LogP contribution < -0.4 is 5.56 Å². The standard InChI is InChI=1S/C19H25F2N3O/c1-3-8-16(23-9-6-5-7-10-23)18-22-17-14(19(25)24(18)4-2)11-13(20)12-15(17)21/h11-12,16H,3-10H2,1-2H3/t16-/m1/s1. The molecule has 1 aromatic carbocycles. The molecule has 2 aromatic rings. The summed E-state index contributed by atoms with van der Waals surface area (Å²) >= 11 is 0. The van der Waals surface area contributed by atoms with Gasteiger partial charge in [0.25, 0.3) is 5.56 Å². The van der Waals surface area contributed by atoms with Gasteiger partial charge in [0.1, 0.15) is 17.2 Å². The summed E-state index contributed by atoms with van der Waals surface area (Å²) < 4.78 is 29.4. The van der Waals surface area contributed by atoms with Crippen molar-refractivity contribution in [3.8, 4) is 0 Å². The van der Waals surface area contributed by atoms with Gasteiger partial charge >= 0.3 is 0 Å². The van der Waals surface area contributed by atoms with E-state index < -0.39 is 11.6 Å². The molecular weight excluding hydrogens is 324 g/mol. The Balaban J connectivity index is 2.20. The lowest BCUT2D eigenvalue weighted by Crippen LogP contribution is -2.38. The largest absolute Gasteiger partial charge is 0.295 e. The van der Waals surface area contributed by atoms with Gasteiger partial charge in [-0.2, -0.15) is 0 Å². The topological polar surface area (TPSA) is 38.1 Å². The van der Waals surface area contributed by atoms with Gasteiger partial charge < -0.3 is 0 Å². The molecule has 1 saturated heterocycles. The number of hydrogen-bond acceptors (Lipinski definition) is 3. The molecule has 1 fully saturated rings. The first-order chi connectivity index (χ1) is 12.1. The lowest BCUT2D eigenvalue weighted by molar-refractivity contribution is 0.144. The Hall–Kier alpha value is -1.82. The smallest absolute Gasteiger partial charge is 0.261 e. The highest BCUT2D eigenvalue weighted by Crippen LogP contribution is 2.28. The number of likely N-dealkylation sites (tertiary alicyclic amines) is 1. The minimum Gasteiger partial charge on any atom is -0.295 e. The minimum absolute atomic E-state index is 0.00759. The van der Waals surface area contributed by atoms with E-state index in [1.807, 2.05) is 6.92 Å². The van der Waals surface area contributed by atoms with E-state index in [1.165, 1.54) is 6.42 Å². The molecule has 0 spiro atoms. The Kier molecular flexibility index (Phi) is 5.47. The van der Waals surface area contributed by atoms with E-state index in [-0.39, 0.29) is 22.5 Å². The summed E-state index contributed by atoms with van der Waals surface area (Å²) in [5.74, 6) is -0.916. The van der Waals surface area contributed by atoms with Gasteiger partial charge in [0.15, 0.2) is 5.82 Å². The zero-order valence-corrected chi connectivity index (χ0v) is 14.9. The van der Waals surface area contributed by atoms with Gasteiger partial charge in [-0.05, 0) is 45.3 Å². The molecule has 1 aliphatic rings. The Morgan fingerprint density at radius 2 is 1.88 bits per heavy atom. The normalized spacial score (nSPS) is 17.1. The van der Waals surface area contributed by atoms with Gasteiger partial charge in [0.2, 0.25) is 0 Å². The van der Waals surface area contributed by atoms with Crippen molar-refractivity contribution in [1.82, 2.24) is 14.5 Å². The highest BCUT2D eigenvalue weighted by atomic mass is 19.1. The van der Waals surface area contributed by atoms with Crippen molar-refractivity contribution in [3.63, 3.8) is 0 Å². The Bertz CT molecular complexity index is 812. The third kappa shape index (κ3) is 3.45. The second-order valence-corrected chi connectivity index (χ2v) is 6.70. The maximum absolute atomic E-state index is 14.3. The molecule has 3 rings (SSSR count). The van der Waals surface area contributed by atoms with Crippen LogP contribution in [0.5, 0.6) is 0 Å². The van der Waals surface area contributed by atoms with Crippen molar-refractivity contribution in [3.05, 3.63) is 39.9 Å². The Labute approximate surface area is 146 Å². The molecule has 1 atom stereocenters. The average Bonchev–Trinajstić information content (AvgIpc) is 2.61. The minimum atomic E-state index is -0.773. The van der Waals surface area contributed by atoms with Gasteiger partial charge in [-0.3, -0.25) is 14.3 Å². The second kappa shape index (κ2) is 7.60. The quantitative estimate of drug-likeness (QED) is 0.818. The van der Waals surface area contributed by atoms with Crippen LogP contribution >= 0.6 is 0 Å². The molecule has 25 heavy (non-hydrogen) atoms. The van der Waals surface area contributed by atoms with Crippen LogP contribution in [-0.4, -0.2) is 27.5 Å². The van der Waals surface area contributed by atoms with Crippen LogP contribution in [0, 0.1) is 11.6 Å². The molecule has 1 aliphatic heterocycles. The zero-order valence-electron chi connectivity index (χ0n) is 14.9. The zero-order chi connectivity index (χ0) is 18.0. The first kappa shape index (κ1) is 18.0. The van der Waals surface area contributed by atoms with Crippen LogP contribution in [-0.2, 0) is 6.54 Å². The van der Waals surface area contributed by atoms with Gasteiger partial charge in [-0.15, -0.1) is 0 Å². The van der Waals surface area contributed by atoms with Crippen LogP contribution in [0.4, 0.5) is 8.78 Å². The number of piperidine rings is 1. The lowest BCUT2D eigenvalue weighted by Gasteiger charge is -2.35. The molecule has 0 radical (unpaired) electrons. The number of aromatic nitrogens is 2. The van der Waals surface area contributed by atoms with Gasteiger partial charge in [-0.1, -0.05) is 19.8 Å². The summed E-state index contributed by atoms with van der Waals surface area (Å²) in [7, 11) is 0. The van der Waals surface area contributed by atoms with Crippen LogP contribution in [0.2, 0.25) is 0 Å². The van der Waals surface area contributed by atoms with Crippen LogP contribution in [0.15, 0.2) is 16.9 Å². The first-order valence-corrected chi connectivity index (χ1v) is 9.20. The number of hydrogen-bond donors (Lipinski definition) is 0. The van der Waals surface area contributed by atoms with E-state index in [9.17, 15) is 13.6 Å². The molecule has 1 aromatic heterocycles. The maximum atomic E-state index is 14.3. The van der Waals surface area contributed by atoms with Crippen molar-refractivity contribution in [2.75, 3.05) is 13.1 Å². The highest BCUT2D eigenvalue weighted by molar-refractivity contribution is 5.78. The van der Waals surface area contributed by atoms with Crippen molar-refractivity contribution in [2.45, 2.75) is 58.5 Å². The first-order valence-electron chi connectivity index (χ1n) is 9.20. The van der Waals surface area contributed by atoms with Gasteiger partial charge in [0, 0.05) is 12.6 Å². The molecule has 0 unspecified atom stereocenters. The van der Waals surface area contributed by atoms with Crippen molar-refractivity contribution < 1.29 is 8.78 Å². The number of halogens is 2. The van der Waals surface area contributed by atoms with Gasteiger partial charge in [0.05, 0.1) is 11.4 Å². The van der Waals surface area contributed by atoms with Crippen LogP contribution in [0.3, 0.4) is 0 Å². The summed E-state index contributed by atoms with van der Waals surface area (Å²) in [6.45, 7) is 6.33. The molecular formula is C19H25F2N3O. The van der Waals surface area contributed by atoms with E-state index in [4.69, 9.17) is 0 Å². The predicted molar refractivity (Wildman–Crippen MR) is 94.7 cm³/mol. The second-order valence-electron chi connectivity index (χ2n) is 6.70. The molecule has 0 saturated carbocycles. The van der Waals surface area contributed by atoms with Crippen molar-refractivity contribution >= 4 is 10.9 Å². The molecule has 2 heterocycles. The molecule has 4 nitrogen and oxygen atoms in total. The highest BCUT2D eigenvalue weighted by Gasteiger charge is 2.27. The third-order valence-electron chi connectivity index (χ3n) is 5.01. The van der Waals surface area contributed by atoms with E-state index in [1.54, 1.807) is 4.57 Å². The van der Waals surface area contributed by atoms with E-state index in [0.717, 1.165) is 50.9 Å². The molecule has 136 valence electrons.